The van der Waals surface area contributed by atoms with Crippen LogP contribution in [0, 0.1) is 0 Å². The Hall–Kier alpha value is -1.88. The topological polar surface area (TPSA) is 54.2 Å². The summed E-state index contributed by atoms with van der Waals surface area (Å²) in [6.45, 7) is 4.46. The van der Waals surface area contributed by atoms with Crippen LogP contribution >= 0.6 is 0 Å². The fourth-order valence-corrected chi connectivity index (χ4v) is 1.77. The second kappa shape index (κ2) is 6.89. The van der Waals surface area contributed by atoms with E-state index >= 15 is 0 Å². The van der Waals surface area contributed by atoms with E-state index in [4.69, 9.17) is 4.42 Å². The van der Waals surface area contributed by atoms with Crippen LogP contribution in [0.2, 0.25) is 0 Å². The summed E-state index contributed by atoms with van der Waals surface area (Å²) in [5.41, 5.74) is 1.22. The number of benzene rings is 1. The molecule has 0 atom stereocenters. The van der Waals surface area contributed by atoms with Crippen molar-refractivity contribution in [1.29, 1.82) is 0 Å². The number of rotatable bonds is 7. The van der Waals surface area contributed by atoms with Crippen molar-refractivity contribution in [2.75, 3.05) is 18.5 Å². The van der Waals surface area contributed by atoms with Gasteiger partial charge in [0.2, 0.25) is 5.89 Å². The van der Waals surface area contributed by atoms with E-state index in [1.54, 1.807) is 0 Å². The van der Waals surface area contributed by atoms with Gasteiger partial charge in [0.05, 0.1) is 6.54 Å². The number of aromatic nitrogens is 2. The molecule has 0 radical (unpaired) electrons. The third-order valence-electron chi connectivity index (χ3n) is 2.75. The minimum Gasteiger partial charge on any atom is -0.407 e. The van der Waals surface area contributed by atoms with Gasteiger partial charge in [0, 0.05) is 13.6 Å². The third kappa shape index (κ3) is 4.06. The second-order valence-electron chi connectivity index (χ2n) is 4.50. The fraction of sp³-hybridized carbons (Fsp3) is 0.429. The monoisotopic (exact) mass is 260 g/mol. The summed E-state index contributed by atoms with van der Waals surface area (Å²) in [7, 11) is 1.95. The molecule has 1 aromatic carbocycles. The van der Waals surface area contributed by atoms with Gasteiger partial charge >= 0.3 is 6.01 Å². The zero-order valence-electron chi connectivity index (χ0n) is 11.5. The number of hydrogen-bond donors (Lipinski definition) is 1. The van der Waals surface area contributed by atoms with Crippen LogP contribution in [0.5, 0.6) is 0 Å². The fourth-order valence-electron chi connectivity index (χ4n) is 1.77. The van der Waals surface area contributed by atoms with Gasteiger partial charge in [0.25, 0.3) is 0 Å². The Balaban J connectivity index is 1.90. The van der Waals surface area contributed by atoms with Gasteiger partial charge in [0.1, 0.15) is 0 Å². The molecule has 1 N–H and O–H groups in total. The van der Waals surface area contributed by atoms with Crippen LogP contribution in [0.15, 0.2) is 34.7 Å². The number of anilines is 1. The zero-order valence-corrected chi connectivity index (χ0v) is 11.5. The molecule has 0 fully saturated rings. The van der Waals surface area contributed by atoms with E-state index in [9.17, 15) is 0 Å². The van der Waals surface area contributed by atoms with E-state index in [1.807, 2.05) is 30.1 Å². The van der Waals surface area contributed by atoms with E-state index in [2.05, 4.69) is 34.6 Å². The molecule has 0 bridgehead atoms. The first-order valence-corrected chi connectivity index (χ1v) is 6.57. The first-order chi connectivity index (χ1) is 9.29. The highest BCUT2D eigenvalue weighted by Crippen LogP contribution is 2.13. The molecule has 5 nitrogen and oxygen atoms in total. The molecule has 0 aliphatic rings. The minimum atomic E-state index is 0.553. The Kier molecular flexibility index (Phi) is 4.92. The predicted molar refractivity (Wildman–Crippen MR) is 74.8 cm³/mol. The number of hydrogen-bond acceptors (Lipinski definition) is 5. The maximum Gasteiger partial charge on any atom is 0.318 e. The summed E-state index contributed by atoms with van der Waals surface area (Å²) < 4.78 is 5.61. The SMILES string of the molecule is CCCNCc1nnc(N(C)Cc2ccccc2)o1. The minimum absolute atomic E-state index is 0.553. The zero-order chi connectivity index (χ0) is 13.5. The van der Waals surface area contributed by atoms with E-state index in [-0.39, 0.29) is 0 Å². The van der Waals surface area contributed by atoms with E-state index < -0.39 is 0 Å². The summed E-state index contributed by atoms with van der Waals surface area (Å²) in [6, 6.07) is 10.8. The quantitative estimate of drug-likeness (QED) is 0.773. The summed E-state index contributed by atoms with van der Waals surface area (Å²) in [5.74, 6) is 0.628. The van der Waals surface area contributed by atoms with E-state index in [0.717, 1.165) is 19.5 Å². The number of nitrogens with zero attached hydrogens (tertiary/aromatic N) is 3. The van der Waals surface area contributed by atoms with Crippen molar-refractivity contribution in [2.45, 2.75) is 26.4 Å². The Morgan fingerprint density at radius 3 is 2.74 bits per heavy atom. The van der Waals surface area contributed by atoms with Gasteiger partial charge in [-0.15, -0.1) is 5.10 Å². The van der Waals surface area contributed by atoms with Gasteiger partial charge < -0.3 is 14.6 Å². The first-order valence-electron chi connectivity index (χ1n) is 6.57. The maximum atomic E-state index is 5.61. The molecule has 1 aromatic heterocycles. The molecule has 0 spiro atoms. The van der Waals surface area contributed by atoms with Crippen LogP contribution in [0.4, 0.5) is 6.01 Å². The normalized spacial score (nSPS) is 10.6. The third-order valence-corrected chi connectivity index (χ3v) is 2.75. The molecule has 0 saturated heterocycles. The molecule has 1 heterocycles. The largest absolute Gasteiger partial charge is 0.407 e. The van der Waals surface area contributed by atoms with Crippen LogP contribution in [-0.4, -0.2) is 23.8 Å². The Bertz CT molecular complexity index is 483. The van der Waals surface area contributed by atoms with Crippen molar-refractivity contribution in [2.24, 2.45) is 0 Å². The van der Waals surface area contributed by atoms with Gasteiger partial charge in [-0.2, -0.15) is 0 Å². The van der Waals surface area contributed by atoms with Crippen LogP contribution < -0.4 is 10.2 Å². The van der Waals surface area contributed by atoms with Gasteiger partial charge in [0.15, 0.2) is 0 Å². The molecule has 0 amide bonds. The molecule has 2 aromatic rings. The smallest absolute Gasteiger partial charge is 0.318 e. The van der Waals surface area contributed by atoms with Crippen LogP contribution in [0.3, 0.4) is 0 Å². The highest BCUT2D eigenvalue weighted by atomic mass is 16.4. The van der Waals surface area contributed by atoms with Crippen LogP contribution in [-0.2, 0) is 13.1 Å². The van der Waals surface area contributed by atoms with Crippen molar-refractivity contribution >= 4 is 6.01 Å². The Labute approximate surface area is 113 Å². The van der Waals surface area contributed by atoms with Crippen molar-refractivity contribution in [3.63, 3.8) is 0 Å². The molecule has 5 heteroatoms. The Morgan fingerprint density at radius 1 is 1.21 bits per heavy atom. The van der Waals surface area contributed by atoms with Crippen molar-refractivity contribution in [3.05, 3.63) is 41.8 Å². The lowest BCUT2D eigenvalue weighted by Crippen LogP contribution is -2.16. The highest BCUT2D eigenvalue weighted by molar-refractivity contribution is 5.26. The van der Waals surface area contributed by atoms with E-state index in [1.165, 1.54) is 5.56 Å². The first kappa shape index (κ1) is 13.5. The maximum absolute atomic E-state index is 5.61. The van der Waals surface area contributed by atoms with Gasteiger partial charge in [-0.1, -0.05) is 42.4 Å². The highest BCUT2D eigenvalue weighted by Gasteiger charge is 2.10. The molecular formula is C14H20N4O. The molecule has 2 rings (SSSR count). The van der Waals surface area contributed by atoms with Crippen LogP contribution in [0.1, 0.15) is 24.8 Å². The summed E-state index contributed by atoms with van der Waals surface area (Å²) >= 11 is 0. The summed E-state index contributed by atoms with van der Waals surface area (Å²) in [5, 5.41) is 11.3. The van der Waals surface area contributed by atoms with E-state index in [0.29, 0.717) is 18.5 Å². The Morgan fingerprint density at radius 2 is 2.00 bits per heavy atom. The summed E-state index contributed by atoms with van der Waals surface area (Å²) in [4.78, 5) is 1.95. The molecule has 0 aliphatic heterocycles. The van der Waals surface area contributed by atoms with Crippen molar-refractivity contribution < 1.29 is 4.42 Å². The molecule has 0 unspecified atom stereocenters. The average Bonchev–Trinajstić information content (AvgIpc) is 2.89. The lowest BCUT2D eigenvalue weighted by molar-refractivity contribution is 0.465. The van der Waals surface area contributed by atoms with Gasteiger partial charge in [-0.25, -0.2) is 0 Å². The lowest BCUT2D eigenvalue weighted by atomic mass is 10.2. The predicted octanol–water partition coefficient (Wildman–Crippen LogP) is 2.21. The van der Waals surface area contributed by atoms with Gasteiger partial charge in [-0.05, 0) is 18.5 Å². The molecule has 0 aliphatic carbocycles. The molecular weight excluding hydrogens is 240 g/mol. The van der Waals surface area contributed by atoms with Gasteiger partial charge in [-0.3, -0.25) is 0 Å². The molecule has 0 saturated carbocycles. The van der Waals surface area contributed by atoms with Crippen LogP contribution in [0.25, 0.3) is 0 Å². The van der Waals surface area contributed by atoms with Crippen molar-refractivity contribution in [1.82, 2.24) is 15.5 Å². The molecule has 102 valence electrons. The van der Waals surface area contributed by atoms with Crippen molar-refractivity contribution in [3.8, 4) is 0 Å². The standard InChI is InChI=1S/C14H20N4O/c1-3-9-15-10-13-16-17-14(19-13)18(2)11-12-7-5-4-6-8-12/h4-8,15H,3,9-11H2,1-2H3. The number of nitrogens with one attached hydrogen (secondary N) is 1. The average molecular weight is 260 g/mol. The molecule has 19 heavy (non-hydrogen) atoms. The second-order valence-corrected chi connectivity index (χ2v) is 4.50. The lowest BCUT2D eigenvalue weighted by Gasteiger charge is -2.13. The summed E-state index contributed by atoms with van der Waals surface area (Å²) in [6.07, 6.45) is 1.09.